The van der Waals surface area contributed by atoms with E-state index in [-0.39, 0.29) is 10.9 Å². The number of nitrogens with zero attached hydrogens (tertiary/aromatic N) is 4. The van der Waals surface area contributed by atoms with Gasteiger partial charge in [-0.2, -0.15) is 0 Å². The Morgan fingerprint density at radius 1 is 1.23 bits per heavy atom. The number of imidazole rings is 1. The van der Waals surface area contributed by atoms with E-state index in [0.717, 1.165) is 45.1 Å². The first-order valence-electron chi connectivity index (χ1n) is 8.68. The lowest BCUT2D eigenvalue weighted by Crippen LogP contribution is -2.49. The maximum absolute atomic E-state index is 13.2. The monoisotopic (exact) mass is 379 g/mol. The zero-order chi connectivity index (χ0) is 18.5. The minimum absolute atomic E-state index is 0.00421. The van der Waals surface area contributed by atoms with E-state index in [1.165, 1.54) is 18.2 Å². The fraction of sp³-hybridized carbons (Fsp3) is 0.444. The second-order valence-electron chi connectivity index (χ2n) is 6.46. The zero-order valence-corrected chi connectivity index (χ0v) is 15.5. The van der Waals surface area contributed by atoms with Gasteiger partial charge in [-0.25, -0.2) is 9.37 Å². The Morgan fingerprint density at radius 3 is 2.62 bits per heavy atom. The number of anilines is 1. The first-order chi connectivity index (χ1) is 12.5. The molecule has 26 heavy (non-hydrogen) atoms. The molecule has 0 saturated carbocycles. The average molecular weight is 380 g/mol. The van der Waals surface area contributed by atoms with E-state index in [0.29, 0.717) is 12.2 Å². The number of benzene rings is 1. The van der Waals surface area contributed by atoms with Crippen LogP contribution in [0.4, 0.5) is 10.1 Å². The lowest BCUT2D eigenvalue weighted by molar-refractivity contribution is -0.117. The van der Waals surface area contributed by atoms with Gasteiger partial charge in [-0.15, -0.1) is 0 Å². The summed E-state index contributed by atoms with van der Waals surface area (Å²) in [5.74, 6) is 0.419. The fourth-order valence-electron chi connectivity index (χ4n) is 3.04. The molecular weight excluding hydrogens is 357 g/mol. The molecule has 0 unspecified atom stereocenters. The molecule has 1 aromatic heterocycles. The molecule has 6 nitrogen and oxygen atoms in total. The normalized spacial score (nSPS) is 16.0. The Balaban J connectivity index is 1.39. The molecule has 0 spiro atoms. The molecule has 1 aliphatic heterocycles. The number of carbonyl (C=O) groups is 1. The molecule has 3 rings (SSSR count). The smallest absolute Gasteiger partial charge is 0.238 e. The number of hydrogen-bond donors (Lipinski definition) is 1. The van der Waals surface area contributed by atoms with E-state index in [1.54, 1.807) is 0 Å². The molecule has 8 heteroatoms. The van der Waals surface area contributed by atoms with Crippen molar-refractivity contribution in [1.82, 2.24) is 19.4 Å². The van der Waals surface area contributed by atoms with Crippen LogP contribution in [0, 0.1) is 12.7 Å². The van der Waals surface area contributed by atoms with Crippen molar-refractivity contribution in [2.45, 2.75) is 13.5 Å². The predicted octanol–water partition coefficient (Wildman–Crippen LogP) is 2.24. The van der Waals surface area contributed by atoms with Crippen LogP contribution in [0.5, 0.6) is 0 Å². The van der Waals surface area contributed by atoms with Gasteiger partial charge in [0.25, 0.3) is 0 Å². The van der Waals surface area contributed by atoms with E-state index in [1.807, 2.05) is 19.3 Å². The second-order valence-corrected chi connectivity index (χ2v) is 6.87. The summed E-state index contributed by atoms with van der Waals surface area (Å²) < 4.78 is 15.3. The molecule has 2 heterocycles. The van der Waals surface area contributed by atoms with Gasteiger partial charge in [0.05, 0.1) is 11.6 Å². The summed E-state index contributed by atoms with van der Waals surface area (Å²) in [5.41, 5.74) is 0.510. The standard InChI is InChI=1S/C18H23ClFN5O/c1-14-21-4-5-25(14)11-10-23-6-8-24(9-7-23)13-18(26)22-15-2-3-17(20)16(19)12-15/h2-5,12H,6-11,13H2,1H3,(H,22,26). The van der Waals surface area contributed by atoms with Crippen molar-refractivity contribution in [2.75, 3.05) is 44.6 Å². The molecule has 1 amide bonds. The van der Waals surface area contributed by atoms with Crippen LogP contribution in [0.2, 0.25) is 5.02 Å². The summed E-state index contributed by atoms with van der Waals surface area (Å²) in [5, 5.41) is 2.77. The Labute approximate surface area is 157 Å². The molecule has 2 aromatic rings. The SMILES string of the molecule is Cc1nccn1CCN1CCN(CC(=O)Nc2ccc(F)c(Cl)c2)CC1. The molecule has 0 bridgehead atoms. The van der Waals surface area contributed by atoms with Crippen molar-refractivity contribution in [3.63, 3.8) is 0 Å². The summed E-state index contributed by atoms with van der Waals surface area (Å²) in [6, 6.07) is 4.18. The van der Waals surface area contributed by atoms with Gasteiger partial charge in [-0.1, -0.05) is 11.6 Å². The van der Waals surface area contributed by atoms with Crippen molar-refractivity contribution in [2.24, 2.45) is 0 Å². The summed E-state index contributed by atoms with van der Waals surface area (Å²) in [7, 11) is 0. The summed E-state index contributed by atoms with van der Waals surface area (Å²) in [6.45, 7) is 7.80. The number of hydrogen-bond acceptors (Lipinski definition) is 4. The van der Waals surface area contributed by atoms with Crippen LogP contribution in [0.3, 0.4) is 0 Å². The first-order valence-corrected chi connectivity index (χ1v) is 9.06. The van der Waals surface area contributed by atoms with Crippen LogP contribution in [0.25, 0.3) is 0 Å². The average Bonchev–Trinajstić information content (AvgIpc) is 3.02. The topological polar surface area (TPSA) is 53.4 Å². The quantitative estimate of drug-likeness (QED) is 0.836. The van der Waals surface area contributed by atoms with Gasteiger partial charge in [0.1, 0.15) is 11.6 Å². The minimum atomic E-state index is -0.494. The van der Waals surface area contributed by atoms with Gasteiger partial charge < -0.3 is 9.88 Å². The summed E-state index contributed by atoms with van der Waals surface area (Å²) in [4.78, 5) is 20.9. The molecule has 0 aliphatic carbocycles. The predicted molar refractivity (Wildman–Crippen MR) is 99.9 cm³/mol. The van der Waals surface area contributed by atoms with Crippen LogP contribution in [0.1, 0.15) is 5.82 Å². The molecule has 1 aliphatic rings. The largest absolute Gasteiger partial charge is 0.334 e. The third-order valence-electron chi connectivity index (χ3n) is 4.62. The first kappa shape index (κ1) is 18.8. The van der Waals surface area contributed by atoms with E-state index in [9.17, 15) is 9.18 Å². The molecule has 1 fully saturated rings. The molecule has 1 N–H and O–H groups in total. The number of nitrogens with one attached hydrogen (secondary N) is 1. The summed E-state index contributed by atoms with van der Waals surface area (Å²) in [6.07, 6.45) is 3.82. The van der Waals surface area contributed by atoms with Crippen molar-refractivity contribution in [1.29, 1.82) is 0 Å². The number of rotatable bonds is 6. The van der Waals surface area contributed by atoms with E-state index >= 15 is 0 Å². The van der Waals surface area contributed by atoms with Gasteiger partial charge >= 0.3 is 0 Å². The number of piperazine rings is 1. The van der Waals surface area contributed by atoms with E-state index < -0.39 is 5.82 Å². The molecule has 0 radical (unpaired) electrons. The van der Waals surface area contributed by atoms with Gasteiger partial charge in [0.15, 0.2) is 0 Å². The Bertz CT molecular complexity index is 758. The van der Waals surface area contributed by atoms with Crippen LogP contribution in [-0.2, 0) is 11.3 Å². The van der Waals surface area contributed by atoms with Crippen LogP contribution in [-0.4, -0.2) is 64.5 Å². The third kappa shape index (κ3) is 5.03. The number of aromatic nitrogens is 2. The maximum atomic E-state index is 13.2. The van der Waals surface area contributed by atoms with E-state index in [2.05, 4.69) is 24.7 Å². The van der Waals surface area contributed by atoms with Gasteiger partial charge in [0.2, 0.25) is 5.91 Å². The Hall–Kier alpha value is -1.96. The van der Waals surface area contributed by atoms with Crippen molar-refractivity contribution in [3.8, 4) is 0 Å². The molecule has 140 valence electrons. The van der Waals surface area contributed by atoms with Gasteiger partial charge in [-0.05, 0) is 25.1 Å². The van der Waals surface area contributed by atoms with Gasteiger partial charge in [-0.3, -0.25) is 14.6 Å². The van der Waals surface area contributed by atoms with Crippen molar-refractivity contribution >= 4 is 23.2 Å². The molecule has 1 aromatic carbocycles. The Morgan fingerprint density at radius 2 is 1.96 bits per heavy atom. The second kappa shape index (κ2) is 8.62. The van der Waals surface area contributed by atoms with Crippen molar-refractivity contribution < 1.29 is 9.18 Å². The number of halogens is 2. The highest BCUT2D eigenvalue weighted by atomic mass is 35.5. The highest BCUT2D eigenvalue weighted by Crippen LogP contribution is 2.19. The minimum Gasteiger partial charge on any atom is -0.334 e. The van der Waals surface area contributed by atoms with Crippen molar-refractivity contribution in [3.05, 3.63) is 47.3 Å². The number of aryl methyl sites for hydroxylation is 1. The highest BCUT2D eigenvalue weighted by Gasteiger charge is 2.19. The maximum Gasteiger partial charge on any atom is 0.238 e. The molecular formula is C18H23ClFN5O. The lowest BCUT2D eigenvalue weighted by atomic mass is 10.3. The molecule has 0 atom stereocenters. The zero-order valence-electron chi connectivity index (χ0n) is 14.8. The lowest BCUT2D eigenvalue weighted by Gasteiger charge is -2.34. The van der Waals surface area contributed by atoms with Gasteiger partial charge in [0, 0.05) is 57.3 Å². The summed E-state index contributed by atoms with van der Waals surface area (Å²) >= 11 is 5.73. The van der Waals surface area contributed by atoms with Crippen LogP contribution >= 0.6 is 11.6 Å². The van der Waals surface area contributed by atoms with Crippen LogP contribution in [0.15, 0.2) is 30.6 Å². The molecule has 1 saturated heterocycles. The number of amides is 1. The highest BCUT2D eigenvalue weighted by molar-refractivity contribution is 6.31. The fourth-order valence-corrected chi connectivity index (χ4v) is 3.22. The van der Waals surface area contributed by atoms with Crippen LogP contribution < -0.4 is 5.32 Å². The number of carbonyl (C=O) groups excluding carboxylic acids is 1. The Kier molecular flexibility index (Phi) is 6.24. The van der Waals surface area contributed by atoms with E-state index in [4.69, 9.17) is 11.6 Å². The third-order valence-corrected chi connectivity index (χ3v) is 4.91.